The standard InChI is InChI=1S/C37H55NO3/c1-24(2)20-25-13-16-37(23-41-30-10-8-9-19-40-30)18-17-35(6)27(31(25)37)11-12-29-34(5)21-26(22-38)32(39)33(3,4)28(34)14-15-36(29,35)7/h21,25,27-31H,1,8-20,23H2,2-7H3/t25-,27+,28-,29+,30?,31+,34-,35+,36+,37+/m0/s1. The van der Waals surface area contributed by atoms with Gasteiger partial charge in [0.1, 0.15) is 6.07 Å². The van der Waals surface area contributed by atoms with Crippen LogP contribution < -0.4 is 0 Å². The Morgan fingerprint density at radius 3 is 2.46 bits per heavy atom. The second-order valence-corrected chi connectivity index (χ2v) is 16.7. The van der Waals surface area contributed by atoms with Crippen LogP contribution in [0.25, 0.3) is 0 Å². The Kier molecular flexibility index (Phi) is 7.26. The number of nitriles is 1. The lowest BCUT2D eigenvalue weighted by Crippen LogP contribution is -2.66. The molecule has 4 saturated carbocycles. The van der Waals surface area contributed by atoms with Crippen LogP contribution in [-0.2, 0) is 14.3 Å². The van der Waals surface area contributed by atoms with E-state index in [9.17, 15) is 10.1 Å². The van der Waals surface area contributed by atoms with Gasteiger partial charge in [-0.1, -0.05) is 46.3 Å². The molecule has 0 aromatic carbocycles. The third-order valence-electron chi connectivity index (χ3n) is 14.5. The van der Waals surface area contributed by atoms with Crippen LogP contribution in [0.5, 0.6) is 0 Å². The van der Waals surface area contributed by atoms with Gasteiger partial charge in [-0.3, -0.25) is 4.79 Å². The Bertz CT molecular complexity index is 1160. The van der Waals surface area contributed by atoms with Gasteiger partial charge in [-0.25, -0.2) is 0 Å². The zero-order valence-electron chi connectivity index (χ0n) is 26.8. The smallest absolute Gasteiger partial charge is 0.178 e. The van der Waals surface area contributed by atoms with E-state index in [1.165, 1.54) is 56.9 Å². The maximum absolute atomic E-state index is 13.3. The normalized spacial score (nSPS) is 48.6. The van der Waals surface area contributed by atoms with Gasteiger partial charge >= 0.3 is 0 Å². The molecule has 4 nitrogen and oxygen atoms in total. The molecule has 1 unspecified atom stereocenters. The zero-order valence-corrected chi connectivity index (χ0v) is 26.8. The second kappa shape index (κ2) is 10.1. The summed E-state index contributed by atoms with van der Waals surface area (Å²) < 4.78 is 12.7. The molecule has 0 spiro atoms. The van der Waals surface area contributed by atoms with Crippen LogP contribution in [0.3, 0.4) is 0 Å². The second-order valence-electron chi connectivity index (χ2n) is 16.7. The van der Waals surface area contributed by atoms with Gasteiger partial charge in [0, 0.05) is 12.0 Å². The van der Waals surface area contributed by atoms with Gasteiger partial charge in [-0.2, -0.15) is 5.26 Å². The maximum atomic E-state index is 13.3. The first-order valence-corrected chi connectivity index (χ1v) is 16.9. The number of carbonyl (C=O) groups is 1. The van der Waals surface area contributed by atoms with Crippen LogP contribution in [0.2, 0.25) is 0 Å². The Hall–Kier alpha value is -1.44. The SMILES string of the molecule is C=C(C)C[C@@H]1CC[C@]2(COC3CCCCO3)CC[C@]3(C)[C@H](CC[C@@H]4[C@@]5(C)C=C(C#N)C(=O)C(C)(C)[C@@H]5CC[C@]43C)[C@@H]12. The third kappa shape index (κ3) is 4.22. The van der Waals surface area contributed by atoms with Crippen LogP contribution in [-0.4, -0.2) is 25.3 Å². The van der Waals surface area contributed by atoms with Crippen LogP contribution in [0, 0.1) is 68.0 Å². The molecule has 0 aromatic rings. The van der Waals surface area contributed by atoms with E-state index >= 15 is 0 Å². The van der Waals surface area contributed by atoms with E-state index in [1.807, 2.05) is 0 Å². The number of ether oxygens (including phenoxy) is 2. The number of nitrogens with zero attached hydrogens (tertiary/aromatic N) is 1. The van der Waals surface area contributed by atoms with Crippen molar-refractivity contribution in [1.82, 2.24) is 0 Å². The van der Waals surface area contributed by atoms with Gasteiger partial charge in [0.05, 0.1) is 12.2 Å². The summed E-state index contributed by atoms with van der Waals surface area (Å²) in [7, 11) is 0. The lowest BCUT2D eigenvalue weighted by Gasteiger charge is -2.71. The number of fused-ring (bicyclic) bond motifs is 7. The van der Waals surface area contributed by atoms with E-state index in [4.69, 9.17) is 9.47 Å². The Balaban J connectivity index is 1.36. The van der Waals surface area contributed by atoms with Crippen LogP contribution in [0.1, 0.15) is 119 Å². The number of hydrogen-bond donors (Lipinski definition) is 0. The first kappa shape index (κ1) is 29.6. The van der Waals surface area contributed by atoms with E-state index in [2.05, 4.69) is 60.3 Å². The molecule has 0 aromatic heterocycles. The number of allylic oxidation sites excluding steroid dienone is 3. The number of hydrogen-bond acceptors (Lipinski definition) is 4. The van der Waals surface area contributed by atoms with E-state index in [-0.39, 0.29) is 33.7 Å². The lowest BCUT2D eigenvalue weighted by atomic mass is 9.33. The molecule has 1 heterocycles. The van der Waals surface area contributed by atoms with Crippen molar-refractivity contribution in [2.24, 2.45) is 56.7 Å². The molecule has 1 saturated heterocycles. The zero-order chi connectivity index (χ0) is 29.4. The van der Waals surface area contributed by atoms with Gasteiger partial charge < -0.3 is 9.47 Å². The molecular formula is C37H55NO3. The Morgan fingerprint density at radius 2 is 1.78 bits per heavy atom. The predicted molar refractivity (Wildman–Crippen MR) is 163 cm³/mol. The summed E-state index contributed by atoms with van der Waals surface area (Å²) in [6.07, 6.45) is 16.5. The number of carbonyl (C=O) groups excluding carboxylic acids is 1. The average molecular weight is 562 g/mol. The molecule has 4 heteroatoms. The van der Waals surface area contributed by atoms with Crippen molar-refractivity contribution >= 4 is 5.78 Å². The minimum absolute atomic E-state index is 0.0192. The highest BCUT2D eigenvalue weighted by Gasteiger charge is 2.70. The van der Waals surface area contributed by atoms with Gasteiger partial charge in [-0.15, -0.1) is 6.58 Å². The summed E-state index contributed by atoms with van der Waals surface area (Å²) >= 11 is 0. The van der Waals surface area contributed by atoms with Crippen LogP contribution in [0.15, 0.2) is 23.8 Å². The molecule has 5 fully saturated rings. The van der Waals surface area contributed by atoms with Gasteiger partial charge in [0.15, 0.2) is 12.1 Å². The summed E-state index contributed by atoms with van der Waals surface area (Å²) in [4.78, 5) is 13.3. The van der Waals surface area contributed by atoms with E-state index in [0.717, 1.165) is 38.9 Å². The fourth-order valence-corrected chi connectivity index (χ4v) is 12.5. The summed E-state index contributed by atoms with van der Waals surface area (Å²) in [5.41, 5.74) is 1.81. The maximum Gasteiger partial charge on any atom is 0.178 e. The monoisotopic (exact) mass is 561 g/mol. The summed E-state index contributed by atoms with van der Waals surface area (Å²) in [5, 5.41) is 10.0. The first-order valence-electron chi connectivity index (χ1n) is 16.9. The van der Waals surface area contributed by atoms with Crippen molar-refractivity contribution in [2.45, 2.75) is 125 Å². The van der Waals surface area contributed by atoms with E-state index in [1.54, 1.807) is 0 Å². The van der Waals surface area contributed by atoms with Crippen molar-refractivity contribution in [3.8, 4) is 6.07 Å². The fraction of sp³-hybridized carbons (Fsp3) is 0.838. The molecule has 1 aliphatic heterocycles. The molecule has 10 atom stereocenters. The van der Waals surface area contributed by atoms with Gasteiger partial charge in [0.2, 0.25) is 0 Å². The highest BCUT2D eigenvalue weighted by molar-refractivity contribution is 6.04. The molecule has 41 heavy (non-hydrogen) atoms. The van der Waals surface area contributed by atoms with Gasteiger partial charge in [0.25, 0.3) is 0 Å². The number of rotatable bonds is 5. The largest absolute Gasteiger partial charge is 0.353 e. The number of Topliss-reactive ketones (excluding diaryl/α,β-unsaturated/α-hetero) is 1. The highest BCUT2D eigenvalue weighted by atomic mass is 16.7. The van der Waals surface area contributed by atoms with E-state index in [0.29, 0.717) is 35.2 Å². The van der Waals surface area contributed by atoms with Crippen LogP contribution in [0.4, 0.5) is 0 Å². The minimum Gasteiger partial charge on any atom is -0.353 e. The molecule has 6 rings (SSSR count). The van der Waals surface area contributed by atoms with Crippen LogP contribution >= 0.6 is 0 Å². The molecule has 226 valence electrons. The predicted octanol–water partition coefficient (Wildman–Crippen LogP) is 8.82. The topological polar surface area (TPSA) is 59.3 Å². The highest BCUT2D eigenvalue weighted by Crippen LogP contribution is 2.77. The Labute approximate surface area is 249 Å². The quantitative estimate of drug-likeness (QED) is 0.315. The third-order valence-corrected chi connectivity index (χ3v) is 14.5. The molecule has 5 aliphatic carbocycles. The van der Waals surface area contributed by atoms with E-state index < -0.39 is 5.41 Å². The van der Waals surface area contributed by atoms with Crippen molar-refractivity contribution in [1.29, 1.82) is 5.26 Å². The summed E-state index contributed by atoms with van der Waals surface area (Å²) in [6, 6.07) is 2.32. The summed E-state index contributed by atoms with van der Waals surface area (Å²) in [6.45, 7) is 20.2. The molecule has 0 bridgehead atoms. The lowest BCUT2D eigenvalue weighted by molar-refractivity contribution is -0.236. The van der Waals surface area contributed by atoms with Crippen molar-refractivity contribution in [3.63, 3.8) is 0 Å². The fourth-order valence-electron chi connectivity index (χ4n) is 12.5. The van der Waals surface area contributed by atoms with Crippen molar-refractivity contribution in [3.05, 3.63) is 23.8 Å². The molecule has 0 N–H and O–H groups in total. The van der Waals surface area contributed by atoms with Crippen molar-refractivity contribution < 1.29 is 14.3 Å². The van der Waals surface area contributed by atoms with Crippen molar-refractivity contribution in [2.75, 3.05) is 13.2 Å². The first-order chi connectivity index (χ1) is 19.3. The Morgan fingerprint density at radius 1 is 1.00 bits per heavy atom. The van der Waals surface area contributed by atoms with Gasteiger partial charge in [-0.05, 0) is 135 Å². The molecular weight excluding hydrogens is 506 g/mol. The molecule has 0 amide bonds. The summed E-state index contributed by atoms with van der Waals surface area (Å²) in [5.74, 6) is 2.89. The molecule has 0 radical (unpaired) electrons. The molecule has 6 aliphatic rings. The minimum atomic E-state index is -0.480. The average Bonchev–Trinajstić information content (AvgIpc) is 3.28. The number of ketones is 1.